The van der Waals surface area contributed by atoms with Gasteiger partial charge in [0.1, 0.15) is 5.75 Å². The zero-order valence-electron chi connectivity index (χ0n) is 9.26. The highest BCUT2D eigenvalue weighted by Crippen LogP contribution is 2.17. The third-order valence-corrected chi connectivity index (χ3v) is 1.23. The second-order valence-electron chi connectivity index (χ2n) is 2.05. The van der Waals surface area contributed by atoms with Crippen LogP contribution in [0.15, 0.2) is 18.2 Å². The van der Waals surface area contributed by atoms with Crippen molar-refractivity contribution in [2.75, 3.05) is 5.73 Å². The highest BCUT2D eigenvalue weighted by molar-refractivity contribution is 5.47. The lowest BCUT2D eigenvalue weighted by atomic mass is 10.2. The van der Waals surface area contributed by atoms with E-state index < -0.39 is 0 Å². The van der Waals surface area contributed by atoms with E-state index in [4.69, 9.17) is 10.8 Å². The van der Waals surface area contributed by atoms with Gasteiger partial charge in [-0.15, -0.1) is 0 Å². The molecule has 0 fully saturated rings. The fraction of sp³-hybridized carbons (Fsp3) is 0.455. The number of benzene rings is 1. The molecule has 1 rings (SSSR count). The maximum Gasteiger partial charge on any atom is 0.120 e. The summed E-state index contributed by atoms with van der Waals surface area (Å²) >= 11 is 0. The molecule has 0 aromatic heterocycles. The van der Waals surface area contributed by atoms with Gasteiger partial charge in [0.05, 0.1) is 0 Å². The summed E-state index contributed by atoms with van der Waals surface area (Å²) in [6, 6.07) is 5.08. The summed E-state index contributed by atoms with van der Waals surface area (Å²) in [5, 5.41) is 9.02. The van der Waals surface area contributed by atoms with E-state index in [1.54, 1.807) is 12.1 Å². The quantitative estimate of drug-likeness (QED) is 0.606. The first kappa shape index (κ1) is 14.3. The van der Waals surface area contributed by atoms with E-state index in [-0.39, 0.29) is 5.75 Å². The smallest absolute Gasteiger partial charge is 0.120 e. The van der Waals surface area contributed by atoms with Crippen LogP contribution in [-0.4, -0.2) is 5.11 Å². The van der Waals surface area contributed by atoms with Crippen molar-refractivity contribution < 1.29 is 5.11 Å². The number of phenolic OH excluding ortho intramolecular Hbond substituents is 1. The molecule has 0 heterocycles. The first-order valence-electron chi connectivity index (χ1n) is 4.75. The predicted octanol–water partition coefficient (Wildman–Crippen LogP) is 3.34. The van der Waals surface area contributed by atoms with Crippen LogP contribution in [0.2, 0.25) is 0 Å². The third kappa shape index (κ3) is 6.02. The summed E-state index contributed by atoms with van der Waals surface area (Å²) < 4.78 is 0. The van der Waals surface area contributed by atoms with E-state index in [1.165, 1.54) is 6.07 Å². The fourth-order valence-electron chi connectivity index (χ4n) is 0.626. The summed E-state index contributed by atoms with van der Waals surface area (Å²) in [6.07, 6.45) is 0. The minimum atomic E-state index is 0.259. The Bertz CT molecular complexity index is 221. The van der Waals surface area contributed by atoms with Crippen molar-refractivity contribution in [3.63, 3.8) is 0 Å². The van der Waals surface area contributed by atoms with Crippen LogP contribution in [0, 0.1) is 6.92 Å². The molecule has 0 bridgehead atoms. The van der Waals surface area contributed by atoms with Crippen LogP contribution in [0.1, 0.15) is 33.3 Å². The molecule has 0 radical (unpaired) electrons. The molecule has 0 amide bonds. The highest BCUT2D eigenvalue weighted by atomic mass is 16.3. The molecular weight excluding hydrogens is 162 g/mol. The van der Waals surface area contributed by atoms with Crippen molar-refractivity contribution in [3.8, 4) is 5.75 Å². The van der Waals surface area contributed by atoms with E-state index in [9.17, 15) is 0 Å². The zero-order valence-corrected chi connectivity index (χ0v) is 9.26. The van der Waals surface area contributed by atoms with Crippen LogP contribution in [-0.2, 0) is 0 Å². The van der Waals surface area contributed by atoms with Gasteiger partial charge in [0, 0.05) is 11.8 Å². The van der Waals surface area contributed by atoms with Gasteiger partial charge in [-0.05, 0) is 18.6 Å². The van der Waals surface area contributed by atoms with Gasteiger partial charge in [-0.2, -0.15) is 0 Å². The Hall–Kier alpha value is -1.18. The topological polar surface area (TPSA) is 46.2 Å². The van der Waals surface area contributed by atoms with Gasteiger partial charge in [0.25, 0.3) is 0 Å². The average molecular weight is 183 g/mol. The number of hydrogen-bond acceptors (Lipinski definition) is 2. The number of rotatable bonds is 0. The second-order valence-corrected chi connectivity index (χ2v) is 2.05. The van der Waals surface area contributed by atoms with Gasteiger partial charge >= 0.3 is 0 Å². The third-order valence-electron chi connectivity index (χ3n) is 1.23. The van der Waals surface area contributed by atoms with Gasteiger partial charge in [-0.25, -0.2) is 0 Å². The van der Waals surface area contributed by atoms with Gasteiger partial charge in [0.15, 0.2) is 0 Å². The largest absolute Gasteiger partial charge is 0.508 e. The summed E-state index contributed by atoms with van der Waals surface area (Å²) in [5.41, 5.74) is 6.81. The van der Waals surface area contributed by atoms with Crippen LogP contribution >= 0.6 is 0 Å². The maximum atomic E-state index is 9.02. The molecule has 0 aliphatic heterocycles. The van der Waals surface area contributed by atoms with Crippen LogP contribution < -0.4 is 5.73 Å². The Balaban J connectivity index is 0. The Kier molecular flexibility index (Phi) is 9.84. The molecule has 1 aromatic carbocycles. The van der Waals surface area contributed by atoms with Crippen LogP contribution in [0.25, 0.3) is 0 Å². The maximum absolute atomic E-state index is 9.02. The number of aryl methyl sites for hydroxylation is 1. The van der Waals surface area contributed by atoms with E-state index in [2.05, 4.69) is 0 Å². The van der Waals surface area contributed by atoms with Crippen molar-refractivity contribution in [2.24, 2.45) is 0 Å². The van der Waals surface area contributed by atoms with E-state index in [1.807, 2.05) is 34.6 Å². The fourth-order valence-corrected chi connectivity index (χ4v) is 0.626. The summed E-state index contributed by atoms with van der Waals surface area (Å²) in [6.45, 7) is 9.83. The minimum absolute atomic E-state index is 0.259. The number of nitrogen functional groups attached to an aromatic ring is 1. The van der Waals surface area contributed by atoms with Crippen LogP contribution in [0.4, 0.5) is 5.69 Å². The predicted molar refractivity (Wildman–Crippen MR) is 60.0 cm³/mol. The monoisotopic (exact) mass is 183 g/mol. The van der Waals surface area contributed by atoms with Crippen LogP contribution in [0.3, 0.4) is 0 Å². The molecule has 0 aliphatic carbocycles. The number of hydrogen-bond donors (Lipinski definition) is 2. The Labute approximate surface area is 81.4 Å². The number of aromatic hydroxyl groups is 1. The first-order valence-corrected chi connectivity index (χ1v) is 4.75. The highest BCUT2D eigenvalue weighted by Gasteiger charge is 1.92. The van der Waals surface area contributed by atoms with Crippen LogP contribution in [0.5, 0.6) is 5.75 Å². The van der Waals surface area contributed by atoms with Crippen molar-refractivity contribution in [1.82, 2.24) is 0 Å². The standard InChI is InChI=1S/C7H9NO.2C2H6/c1-5-2-3-6(8)4-7(5)9;2*1-2/h2-4,9H,8H2,1H3;2*1-2H3. The SMILES string of the molecule is CC.CC.Cc1ccc(N)cc1O. The Morgan fingerprint density at radius 2 is 1.54 bits per heavy atom. The lowest BCUT2D eigenvalue weighted by molar-refractivity contribution is 0.471. The van der Waals surface area contributed by atoms with Gasteiger partial charge in [-0.3, -0.25) is 0 Å². The molecule has 0 atom stereocenters. The molecule has 76 valence electrons. The second kappa shape index (κ2) is 8.91. The zero-order chi connectivity index (χ0) is 10.9. The normalized spacial score (nSPS) is 7.46. The average Bonchev–Trinajstić information content (AvgIpc) is 2.18. The summed E-state index contributed by atoms with van der Waals surface area (Å²) in [4.78, 5) is 0. The molecular formula is C11H21NO. The molecule has 0 unspecified atom stereocenters. The Morgan fingerprint density at radius 1 is 1.08 bits per heavy atom. The van der Waals surface area contributed by atoms with Gasteiger partial charge in [0.2, 0.25) is 0 Å². The van der Waals surface area contributed by atoms with Gasteiger partial charge in [-0.1, -0.05) is 33.8 Å². The summed E-state index contributed by atoms with van der Waals surface area (Å²) in [7, 11) is 0. The lowest BCUT2D eigenvalue weighted by Gasteiger charge is -1.97. The molecule has 0 saturated carbocycles. The number of nitrogens with two attached hydrogens (primary N) is 1. The van der Waals surface area contributed by atoms with Crippen molar-refractivity contribution >= 4 is 5.69 Å². The molecule has 2 heteroatoms. The Morgan fingerprint density at radius 3 is 1.85 bits per heavy atom. The minimum Gasteiger partial charge on any atom is -0.508 e. The van der Waals surface area contributed by atoms with E-state index in [0.29, 0.717) is 5.69 Å². The number of phenols is 1. The molecule has 0 saturated heterocycles. The molecule has 13 heavy (non-hydrogen) atoms. The van der Waals surface area contributed by atoms with Crippen molar-refractivity contribution in [2.45, 2.75) is 34.6 Å². The van der Waals surface area contributed by atoms with E-state index in [0.717, 1.165) is 5.56 Å². The molecule has 1 aromatic rings. The summed E-state index contributed by atoms with van der Waals surface area (Å²) in [5.74, 6) is 0.259. The van der Waals surface area contributed by atoms with E-state index >= 15 is 0 Å². The molecule has 3 N–H and O–H groups in total. The van der Waals surface area contributed by atoms with Gasteiger partial charge < -0.3 is 10.8 Å². The molecule has 0 spiro atoms. The number of anilines is 1. The van der Waals surface area contributed by atoms with Crippen molar-refractivity contribution in [1.29, 1.82) is 0 Å². The molecule has 0 aliphatic rings. The molecule has 2 nitrogen and oxygen atoms in total. The lowest BCUT2D eigenvalue weighted by Crippen LogP contribution is -1.83. The van der Waals surface area contributed by atoms with Crippen molar-refractivity contribution in [3.05, 3.63) is 23.8 Å². The first-order chi connectivity index (χ1) is 6.20.